The molecule has 1 N–H and O–H groups in total. The molecule has 0 aliphatic carbocycles. The maximum Gasteiger partial charge on any atom is 0.0824 e. The lowest BCUT2D eigenvalue weighted by molar-refractivity contribution is -0.0804. The summed E-state index contributed by atoms with van der Waals surface area (Å²) in [5, 5.41) is 9.72. The van der Waals surface area contributed by atoms with Crippen LogP contribution in [-0.4, -0.2) is 62.2 Å². The van der Waals surface area contributed by atoms with Gasteiger partial charge in [0, 0.05) is 39.3 Å². The van der Waals surface area contributed by atoms with Crippen LogP contribution in [0.5, 0.6) is 0 Å². The van der Waals surface area contributed by atoms with E-state index in [2.05, 4.69) is 4.90 Å². The van der Waals surface area contributed by atoms with Gasteiger partial charge in [-0.25, -0.2) is 0 Å². The van der Waals surface area contributed by atoms with E-state index in [1.54, 1.807) is 7.11 Å². The number of aliphatic hydroxyl groups is 1. The van der Waals surface area contributed by atoms with Crippen molar-refractivity contribution in [2.24, 2.45) is 5.92 Å². The Morgan fingerprint density at radius 1 is 1.50 bits per heavy atom. The van der Waals surface area contributed by atoms with Crippen molar-refractivity contribution in [3.8, 4) is 0 Å². The van der Waals surface area contributed by atoms with Crippen molar-refractivity contribution in [2.75, 3.05) is 40.0 Å². The maximum absolute atomic E-state index is 9.72. The number of ether oxygens (including phenoxy) is 2. The van der Waals surface area contributed by atoms with Gasteiger partial charge in [0.15, 0.2) is 0 Å². The van der Waals surface area contributed by atoms with Crippen molar-refractivity contribution in [2.45, 2.75) is 18.6 Å². The van der Waals surface area contributed by atoms with Gasteiger partial charge in [0.1, 0.15) is 0 Å². The minimum absolute atomic E-state index is 0.176. The average molecular weight is 201 g/mol. The summed E-state index contributed by atoms with van der Waals surface area (Å²) >= 11 is 0. The Kier molecular flexibility index (Phi) is 3.38. The SMILES string of the molecule is COC1CN(CC2COCCC2O)C1. The smallest absolute Gasteiger partial charge is 0.0824 e. The van der Waals surface area contributed by atoms with Crippen molar-refractivity contribution >= 4 is 0 Å². The molecule has 0 saturated carbocycles. The van der Waals surface area contributed by atoms with Crippen molar-refractivity contribution < 1.29 is 14.6 Å². The molecule has 2 atom stereocenters. The Hall–Kier alpha value is -0.160. The van der Waals surface area contributed by atoms with E-state index in [-0.39, 0.29) is 6.10 Å². The Balaban J connectivity index is 1.69. The molecule has 2 heterocycles. The Morgan fingerprint density at radius 3 is 2.93 bits per heavy atom. The maximum atomic E-state index is 9.72. The van der Waals surface area contributed by atoms with Gasteiger partial charge in [-0.3, -0.25) is 4.90 Å². The first-order valence-corrected chi connectivity index (χ1v) is 5.30. The molecule has 82 valence electrons. The van der Waals surface area contributed by atoms with Gasteiger partial charge in [0.05, 0.1) is 18.8 Å². The summed E-state index contributed by atoms with van der Waals surface area (Å²) < 4.78 is 10.6. The minimum Gasteiger partial charge on any atom is -0.393 e. The number of hydrogen-bond donors (Lipinski definition) is 1. The molecule has 0 aromatic rings. The molecular formula is C10H19NO3. The molecule has 0 amide bonds. The number of hydrogen-bond acceptors (Lipinski definition) is 4. The molecule has 4 nitrogen and oxygen atoms in total. The van der Waals surface area contributed by atoms with Crippen LogP contribution in [0.25, 0.3) is 0 Å². The molecule has 0 aromatic carbocycles. The Morgan fingerprint density at radius 2 is 2.29 bits per heavy atom. The van der Waals surface area contributed by atoms with Gasteiger partial charge < -0.3 is 14.6 Å². The zero-order chi connectivity index (χ0) is 9.97. The molecule has 2 unspecified atom stereocenters. The highest BCUT2D eigenvalue weighted by atomic mass is 16.5. The van der Waals surface area contributed by atoms with Crippen molar-refractivity contribution in [3.05, 3.63) is 0 Å². The van der Waals surface area contributed by atoms with E-state index in [0.29, 0.717) is 25.2 Å². The highest BCUT2D eigenvalue weighted by molar-refractivity contribution is 4.84. The third kappa shape index (κ3) is 2.25. The second kappa shape index (κ2) is 4.57. The third-order valence-electron chi connectivity index (χ3n) is 3.18. The van der Waals surface area contributed by atoms with Crippen LogP contribution < -0.4 is 0 Å². The van der Waals surface area contributed by atoms with Gasteiger partial charge in [-0.15, -0.1) is 0 Å². The summed E-state index contributed by atoms with van der Waals surface area (Å²) in [6.07, 6.45) is 1.01. The number of likely N-dealkylation sites (tertiary alicyclic amines) is 1. The predicted molar refractivity (Wildman–Crippen MR) is 52.2 cm³/mol. The first-order chi connectivity index (χ1) is 6.79. The fourth-order valence-electron chi connectivity index (χ4n) is 2.11. The molecule has 2 aliphatic heterocycles. The second-order valence-corrected chi connectivity index (χ2v) is 4.27. The molecule has 0 spiro atoms. The molecule has 0 radical (unpaired) electrons. The fourth-order valence-corrected chi connectivity index (χ4v) is 2.11. The summed E-state index contributed by atoms with van der Waals surface area (Å²) in [4.78, 5) is 2.32. The summed E-state index contributed by atoms with van der Waals surface area (Å²) in [6.45, 7) is 4.36. The summed E-state index contributed by atoms with van der Waals surface area (Å²) in [5.41, 5.74) is 0. The highest BCUT2D eigenvalue weighted by Gasteiger charge is 2.32. The van der Waals surface area contributed by atoms with Gasteiger partial charge in [-0.05, 0) is 6.42 Å². The average Bonchev–Trinajstić information content (AvgIpc) is 2.13. The van der Waals surface area contributed by atoms with E-state index in [1.807, 2.05) is 0 Å². The third-order valence-corrected chi connectivity index (χ3v) is 3.18. The monoisotopic (exact) mass is 201 g/mol. The number of methoxy groups -OCH3 is 1. The second-order valence-electron chi connectivity index (χ2n) is 4.27. The van der Waals surface area contributed by atoms with E-state index in [0.717, 1.165) is 26.1 Å². The van der Waals surface area contributed by atoms with Gasteiger partial charge in [0.2, 0.25) is 0 Å². The van der Waals surface area contributed by atoms with E-state index < -0.39 is 0 Å². The van der Waals surface area contributed by atoms with Crippen molar-refractivity contribution in [1.82, 2.24) is 4.90 Å². The quantitative estimate of drug-likeness (QED) is 0.681. The summed E-state index contributed by atoms with van der Waals surface area (Å²) in [6, 6.07) is 0. The molecule has 2 aliphatic rings. The molecule has 2 rings (SSSR count). The normalized spacial score (nSPS) is 35.6. The van der Waals surface area contributed by atoms with Crippen molar-refractivity contribution in [3.63, 3.8) is 0 Å². The first-order valence-electron chi connectivity index (χ1n) is 5.30. The topological polar surface area (TPSA) is 41.9 Å². The van der Waals surface area contributed by atoms with E-state index in [1.165, 1.54) is 0 Å². The lowest BCUT2D eigenvalue weighted by atomic mass is 9.96. The van der Waals surface area contributed by atoms with Gasteiger partial charge in [-0.1, -0.05) is 0 Å². The molecule has 4 heteroatoms. The lowest BCUT2D eigenvalue weighted by Crippen LogP contribution is -2.55. The molecule has 2 fully saturated rings. The van der Waals surface area contributed by atoms with Gasteiger partial charge >= 0.3 is 0 Å². The number of aliphatic hydroxyl groups excluding tert-OH is 1. The standard InChI is InChI=1S/C10H19NO3/c1-13-9-5-11(6-9)4-8-7-14-3-2-10(8)12/h8-10,12H,2-7H2,1H3. The van der Waals surface area contributed by atoms with E-state index >= 15 is 0 Å². The highest BCUT2D eigenvalue weighted by Crippen LogP contribution is 2.19. The summed E-state index contributed by atoms with van der Waals surface area (Å²) in [7, 11) is 1.75. The molecule has 0 bridgehead atoms. The Bertz CT molecular complexity index is 182. The number of nitrogens with zero attached hydrogens (tertiary/aromatic N) is 1. The van der Waals surface area contributed by atoms with E-state index in [9.17, 15) is 5.11 Å². The number of rotatable bonds is 3. The predicted octanol–water partition coefficient (Wildman–Crippen LogP) is -0.286. The van der Waals surface area contributed by atoms with Crippen LogP contribution in [0.1, 0.15) is 6.42 Å². The minimum atomic E-state index is -0.176. The first kappa shape index (κ1) is 10.4. The van der Waals surface area contributed by atoms with Gasteiger partial charge in [-0.2, -0.15) is 0 Å². The van der Waals surface area contributed by atoms with Crippen molar-refractivity contribution in [1.29, 1.82) is 0 Å². The molecule has 0 aromatic heterocycles. The Labute approximate surface area is 84.8 Å². The van der Waals surface area contributed by atoms with Crippen LogP contribution in [0.4, 0.5) is 0 Å². The molecular weight excluding hydrogens is 182 g/mol. The molecule has 14 heavy (non-hydrogen) atoms. The fraction of sp³-hybridized carbons (Fsp3) is 1.00. The zero-order valence-electron chi connectivity index (χ0n) is 8.69. The lowest BCUT2D eigenvalue weighted by Gasteiger charge is -2.41. The molecule has 2 saturated heterocycles. The van der Waals surface area contributed by atoms with E-state index in [4.69, 9.17) is 9.47 Å². The largest absolute Gasteiger partial charge is 0.393 e. The zero-order valence-corrected chi connectivity index (χ0v) is 8.69. The van der Waals surface area contributed by atoms with Crippen LogP contribution >= 0.6 is 0 Å². The summed E-state index contributed by atoms with van der Waals surface area (Å²) in [5.74, 6) is 0.293. The van der Waals surface area contributed by atoms with Crippen LogP contribution in [-0.2, 0) is 9.47 Å². The van der Waals surface area contributed by atoms with Crippen LogP contribution in [0.15, 0.2) is 0 Å². The van der Waals surface area contributed by atoms with Crippen LogP contribution in [0.2, 0.25) is 0 Å². The van der Waals surface area contributed by atoms with Crippen LogP contribution in [0.3, 0.4) is 0 Å². The van der Waals surface area contributed by atoms with Gasteiger partial charge in [0.25, 0.3) is 0 Å². The van der Waals surface area contributed by atoms with Crippen LogP contribution in [0, 0.1) is 5.92 Å².